The molecule has 4 heteroatoms. The molecular formula is C16H19N3O. The number of carbonyl (C=O) groups is 1. The Morgan fingerprint density at radius 1 is 1.25 bits per heavy atom. The Hall–Kier alpha value is -1.81. The van der Waals surface area contributed by atoms with Crippen LogP contribution in [-0.4, -0.2) is 41.6 Å². The summed E-state index contributed by atoms with van der Waals surface area (Å²) in [5.41, 5.74) is 4.26. The number of hydrogen-bond donors (Lipinski definition) is 1. The van der Waals surface area contributed by atoms with Gasteiger partial charge in [-0.05, 0) is 24.0 Å². The van der Waals surface area contributed by atoms with Gasteiger partial charge in [-0.15, -0.1) is 0 Å². The lowest BCUT2D eigenvalue weighted by atomic mass is 10.1. The summed E-state index contributed by atoms with van der Waals surface area (Å²) in [5, 5.41) is 4.50. The molecule has 1 N–H and O–H groups in total. The van der Waals surface area contributed by atoms with Crippen LogP contribution >= 0.6 is 0 Å². The molecule has 104 valence electrons. The fraction of sp³-hybridized carbons (Fsp3) is 0.438. The van der Waals surface area contributed by atoms with Gasteiger partial charge in [0.05, 0.1) is 12.1 Å². The van der Waals surface area contributed by atoms with E-state index in [1.54, 1.807) is 0 Å². The van der Waals surface area contributed by atoms with Crippen molar-refractivity contribution in [1.29, 1.82) is 0 Å². The van der Waals surface area contributed by atoms with Gasteiger partial charge in [0.25, 0.3) is 0 Å². The first kappa shape index (κ1) is 12.0. The van der Waals surface area contributed by atoms with Crippen molar-refractivity contribution in [3.8, 4) is 0 Å². The molecule has 4 rings (SSSR count). The van der Waals surface area contributed by atoms with E-state index in [9.17, 15) is 4.79 Å². The van der Waals surface area contributed by atoms with E-state index in [2.05, 4.69) is 34.3 Å². The Kier molecular flexibility index (Phi) is 2.77. The summed E-state index contributed by atoms with van der Waals surface area (Å²) in [7, 11) is 0. The van der Waals surface area contributed by atoms with Crippen LogP contribution < -0.4 is 5.32 Å². The molecule has 0 bridgehead atoms. The first-order valence-corrected chi connectivity index (χ1v) is 7.41. The van der Waals surface area contributed by atoms with Crippen molar-refractivity contribution in [3.63, 3.8) is 0 Å². The lowest BCUT2D eigenvalue weighted by molar-refractivity contribution is -0.131. The minimum Gasteiger partial charge on any atom is -0.347 e. The molecule has 0 unspecified atom stereocenters. The predicted octanol–water partition coefficient (Wildman–Crippen LogP) is 1.17. The van der Waals surface area contributed by atoms with Gasteiger partial charge in [0, 0.05) is 37.8 Å². The van der Waals surface area contributed by atoms with Crippen LogP contribution in [0.4, 0.5) is 0 Å². The van der Waals surface area contributed by atoms with Gasteiger partial charge in [0.1, 0.15) is 0 Å². The Morgan fingerprint density at radius 3 is 3.10 bits per heavy atom. The van der Waals surface area contributed by atoms with Crippen molar-refractivity contribution in [2.75, 3.05) is 26.2 Å². The smallest absolute Gasteiger partial charge is 0.236 e. The maximum absolute atomic E-state index is 11.8. The molecule has 0 aliphatic carbocycles. The zero-order chi connectivity index (χ0) is 13.5. The summed E-state index contributed by atoms with van der Waals surface area (Å²) in [6.45, 7) is 4.18. The fourth-order valence-corrected chi connectivity index (χ4v) is 3.47. The summed E-state index contributed by atoms with van der Waals surface area (Å²) >= 11 is 0. The summed E-state index contributed by atoms with van der Waals surface area (Å²) in [4.78, 5) is 13.8. The van der Waals surface area contributed by atoms with E-state index in [0.29, 0.717) is 6.54 Å². The summed E-state index contributed by atoms with van der Waals surface area (Å²) in [5.74, 6) is 0.229. The van der Waals surface area contributed by atoms with Crippen LogP contribution in [0.15, 0.2) is 24.4 Å². The molecule has 4 nitrogen and oxygen atoms in total. The van der Waals surface area contributed by atoms with E-state index in [4.69, 9.17) is 0 Å². The third kappa shape index (κ3) is 1.83. The van der Waals surface area contributed by atoms with Gasteiger partial charge in [-0.25, -0.2) is 0 Å². The number of nitrogens with zero attached hydrogens (tertiary/aromatic N) is 2. The van der Waals surface area contributed by atoms with Gasteiger partial charge < -0.3 is 14.8 Å². The van der Waals surface area contributed by atoms with Crippen LogP contribution in [0.5, 0.6) is 0 Å². The standard InChI is InChI=1S/C16H19N3O/c20-15-10-17-6-9-18(15)7-5-13-11-19-8-4-12-2-1-3-14(13)16(12)19/h1-3,11,17H,4-10H2. The summed E-state index contributed by atoms with van der Waals surface area (Å²) < 4.78 is 2.37. The molecule has 2 aromatic rings. The molecule has 2 aliphatic rings. The van der Waals surface area contributed by atoms with Gasteiger partial charge in [-0.3, -0.25) is 4.79 Å². The molecular weight excluding hydrogens is 250 g/mol. The number of rotatable bonds is 3. The maximum Gasteiger partial charge on any atom is 0.236 e. The highest BCUT2D eigenvalue weighted by atomic mass is 16.2. The minimum absolute atomic E-state index is 0.229. The lowest BCUT2D eigenvalue weighted by Crippen LogP contribution is -2.48. The molecule has 0 saturated carbocycles. The molecule has 0 spiro atoms. The second-order valence-corrected chi connectivity index (χ2v) is 5.72. The van der Waals surface area contributed by atoms with Gasteiger partial charge in [0.2, 0.25) is 5.91 Å². The van der Waals surface area contributed by atoms with E-state index >= 15 is 0 Å². The Labute approximate surface area is 118 Å². The van der Waals surface area contributed by atoms with Crippen molar-refractivity contribution >= 4 is 16.8 Å². The van der Waals surface area contributed by atoms with Crippen LogP contribution in [-0.2, 0) is 24.2 Å². The zero-order valence-electron chi connectivity index (χ0n) is 11.6. The highest BCUT2D eigenvalue weighted by molar-refractivity contribution is 5.88. The molecule has 0 atom stereocenters. The zero-order valence-corrected chi connectivity index (χ0v) is 11.6. The third-order valence-electron chi connectivity index (χ3n) is 4.52. The number of nitrogens with one attached hydrogen (secondary N) is 1. The van der Waals surface area contributed by atoms with Gasteiger partial charge in [-0.2, -0.15) is 0 Å². The van der Waals surface area contributed by atoms with Crippen LogP contribution in [0, 0.1) is 0 Å². The molecule has 2 aliphatic heterocycles. The molecule has 1 aromatic carbocycles. The van der Waals surface area contributed by atoms with Gasteiger partial charge in [0.15, 0.2) is 0 Å². The number of aromatic nitrogens is 1. The number of carbonyl (C=O) groups excluding carboxylic acids is 1. The molecule has 1 saturated heterocycles. The number of amides is 1. The maximum atomic E-state index is 11.8. The van der Waals surface area contributed by atoms with Crippen molar-refractivity contribution in [2.45, 2.75) is 19.4 Å². The van der Waals surface area contributed by atoms with Crippen LogP contribution in [0.1, 0.15) is 11.1 Å². The topological polar surface area (TPSA) is 37.3 Å². The number of hydrogen-bond acceptors (Lipinski definition) is 2. The normalized spacial score (nSPS) is 18.2. The molecule has 3 heterocycles. The Balaban J connectivity index is 1.58. The highest BCUT2D eigenvalue weighted by Crippen LogP contribution is 2.30. The Bertz CT molecular complexity index is 674. The number of benzene rings is 1. The van der Waals surface area contributed by atoms with E-state index in [1.807, 2.05) is 4.90 Å². The largest absolute Gasteiger partial charge is 0.347 e. The van der Waals surface area contributed by atoms with Crippen molar-refractivity contribution < 1.29 is 4.79 Å². The summed E-state index contributed by atoms with van der Waals surface area (Å²) in [6, 6.07) is 6.61. The van der Waals surface area contributed by atoms with E-state index in [0.717, 1.165) is 39.0 Å². The fourth-order valence-electron chi connectivity index (χ4n) is 3.47. The molecule has 20 heavy (non-hydrogen) atoms. The van der Waals surface area contributed by atoms with Crippen molar-refractivity contribution in [1.82, 2.24) is 14.8 Å². The SMILES string of the molecule is O=C1CNCCN1CCc1cn2c3c(cccc13)CC2. The summed E-state index contributed by atoms with van der Waals surface area (Å²) in [6.07, 6.45) is 4.40. The van der Waals surface area contributed by atoms with Crippen LogP contribution in [0.3, 0.4) is 0 Å². The first-order chi connectivity index (χ1) is 9.83. The number of aryl methyl sites for hydroxylation is 2. The van der Waals surface area contributed by atoms with Gasteiger partial charge in [-0.1, -0.05) is 18.2 Å². The van der Waals surface area contributed by atoms with Crippen molar-refractivity contribution in [3.05, 3.63) is 35.5 Å². The molecule has 0 radical (unpaired) electrons. The highest BCUT2D eigenvalue weighted by Gasteiger charge is 2.20. The monoisotopic (exact) mass is 269 g/mol. The van der Waals surface area contributed by atoms with E-state index in [1.165, 1.54) is 22.0 Å². The van der Waals surface area contributed by atoms with Crippen LogP contribution in [0.2, 0.25) is 0 Å². The lowest BCUT2D eigenvalue weighted by Gasteiger charge is -2.27. The third-order valence-corrected chi connectivity index (χ3v) is 4.52. The van der Waals surface area contributed by atoms with Gasteiger partial charge >= 0.3 is 0 Å². The molecule has 1 aromatic heterocycles. The average molecular weight is 269 g/mol. The first-order valence-electron chi connectivity index (χ1n) is 7.41. The van der Waals surface area contributed by atoms with Crippen molar-refractivity contribution in [2.24, 2.45) is 0 Å². The second kappa shape index (κ2) is 4.63. The quantitative estimate of drug-likeness (QED) is 0.908. The molecule has 1 amide bonds. The van der Waals surface area contributed by atoms with E-state index in [-0.39, 0.29) is 5.91 Å². The predicted molar refractivity (Wildman–Crippen MR) is 78.8 cm³/mol. The van der Waals surface area contributed by atoms with E-state index < -0.39 is 0 Å². The number of para-hydroxylation sites is 1. The number of piperazine rings is 1. The average Bonchev–Trinajstić information content (AvgIpc) is 3.04. The second-order valence-electron chi connectivity index (χ2n) is 5.72. The minimum atomic E-state index is 0.229. The molecule has 1 fully saturated rings. The van der Waals surface area contributed by atoms with Crippen LogP contribution in [0.25, 0.3) is 10.9 Å². The Morgan fingerprint density at radius 2 is 2.20 bits per heavy atom.